The Bertz CT molecular complexity index is 552. The van der Waals surface area contributed by atoms with Gasteiger partial charge in [-0.2, -0.15) is 0 Å². The Balaban J connectivity index is 2.01. The molecule has 5 nitrogen and oxygen atoms in total. The van der Waals surface area contributed by atoms with Crippen LogP contribution in [0.1, 0.15) is 33.6 Å². The fourth-order valence-electron chi connectivity index (χ4n) is 2.34. The van der Waals surface area contributed by atoms with E-state index in [0.717, 1.165) is 6.42 Å². The molecule has 1 aliphatic rings. The molecule has 0 unspecified atom stereocenters. The van der Waals surface area contributed by atoms with E-state index in [1.165, 1.54) is 29.2 Å². The van der Waals surface area contributed by atoms with Crippen molar-refractivity contribution in [3.8, 4) is 0 Å². The van der Waals surface area contributed by atoms with Crippen molar-refractivity contribution in [3.05, 3.63) is 30.1 Å². The second-order valence-electron chi connectivity index (χ2n) is 6.33. The summed E-state index contributed by atoms with van der Waals surface area (Å²) in [4.78, 5) is 25.9. The fraction of sp³-hybridized carbons (Fsp3) is 0.500. The monoisotopic (exact) mass is 308 g/mol. The number of hydrogen-bond acceptors (Lipinski definition) is 3. The van der Waals surface area contributed by atoms with Crippen molar-refractivity contribution in [1.82, 2.24) is 4.90 Å². The van der Waals surface area contributed by atoms with Crippen molar-refractivity contribution in [1.29, 1.82) is 0 Å². The van der Waals surface area contributed by atoms with Gasteiger partial charge in [-0.05, 0) is 57.9 Å². The fourth-order valence-corrected chi connectivity index (χ4v) is 2.34. The van der Waals surface area contributed by atoms with Gasteiger partial charge < -0.3 is 10.1 Å². The molecule has 1 atom stereocenters. The molecule has 1 aliphatic heterocycles. The summed E-state index contributed by atoms with van der Waals surface area (Å²) < 4.78 is 18.2. The third kappa shape index (κ3) is 4.19. The minimum atomic E-state index is -0.600. The third-order valence-electron chi connectivity index (χ3n) is 3.30. The lowest BCUT2D eigenvalue weighted by Gasteiger charge is -2.28. The van der Waals surface area contributed by atoms with E-state index in [2.05, 4.69) is 5.32 Å². The van der Waals surface area contributed by atoms with Crippen LogP contribution in [0.4, 0.5) is 14.9 Å². The van der Waals surface area contributed by atoms with Gasteiger partial charge in [0.25, 0.3) is 0 Å². The Morgan fingerprint density at radius 3 is 2.50 bits per heavy atom. The second-order valence-corrected chi connectivity index (χ2v) is 6.33. The highest BCUT2D eigenvalue weighted by molar-refractivity contribution is 5.96. The molecule has 2 rings (SSSR count). The van der Waals surface area contributed by atoms with Crippen molar-refractivity contribution >= 4 is 17.7 Å². The van der Waals surface area contributed by atoms with E-state index in [1.54, 1.807) is 20.8 Å². The van der Waals surface area contributed by atoms with Gasteiger partial charge in [0.1, 0.15) is 17.5 Å². The molecule has 0 spiro atoms. The number of benzene rings is 1. The smallest absolute Gasteiger partial charge is 0.410 e. The predicted molar refractivity (Wildman–Crippen MR) is 81.0 cm³/mol. The summed E-state index contributed by atoms with van der Waals surface area (Å²) in [5, 5.41) is 2.70. The molecule has 0 aromatic heterocycles. The number of rotatable bonds is 2. The van der Waals surface area contributed by atoms with E-state index in [0.29, 0.717) is 18.7 Å². The zero-order valence-electron chi connectivity index (χ0n) is 13.1. The first kappa shape index (κ1) is 16.3. The first-order valence-electron chi connectivity index (χ1n) is 7.32. The molecule has 0 radical (unpaired) electrons. The van der Waals surface area contributed by atoms with Crippen LogP contribution < -0.4 is 5.32 Å². The number of carbonyl (C=O) groups excluding carboxylic acids is 2. The molecule has 0 saturated carbocycles. The molecule has 0 aliphatic carbocycles. The zero-order valence-corrected chi connectivity index (χ0v) is 13.1. The van der Waals surface area contributed by atoms with Gasteiger partial charge in [0.15, 0.2) is 0 Å². The van der Waals surface area contributed by atoms with Crippen LogP contribution in [0.5, 0.6) is 0 Å². The van der Waals surface area contributed by atoms with Crippen LogP contribution in [0.2, 0.25) is 0 Å². The summed E-state index contributed by atoms with van der Waals surface area (Å²) in [5.41, 5.74) is -0.0973. The van der Waals surface area contributed by atoms with Crippen LogP contribution in [-0.2, 0) is 9.53 Å². The normalized spacial score (nSPS) is 18.2. The summed E-state index contributed by atoms with van der Waals surface area (Å²) in [7, 11) is 0. The van der Waals surface area contributed by atoms with Crippen molar-refractivity contribution in [2.24, 2.45) is 0 Å². The minimum Gasteiger partial charge on any atom is -0.444 e. The van der Waals surface area contributed by atoms with Crippen LogP contribution in [-0.4, -0.2) is 35.1 Å². The first-order valence-corrected chi connectivity index (χ1v) is 7.32. The van der Waals surface area contributed by atoms with E-state index in [-0.39, 0.29) is 11.7 Å². The molecule has 1 aromatic rings. The molecular weight excluding hydrogens is 287 g/mol. The number of ether oxygens (including phenoxy) is 1. The van der Waals surface area contributed by atoms with E-state index in [1.807, 2.05) is 0 Å². The van der Waals surface area contributed by atoms with E-state index in [4.69, 9.17) is 4.74 Å². The lowest BCUT2D eigenvalue weighted by atomic mass is 10.2. The summed E-state index contributed by atoms with van der Waals surface area (Å²) in [6.45, 7) is 5.86. The van der Waals surface area contributed by atoms with Gasteiger partial charge in [0, 0.05) is 12.2 Å². The van der Waals surface area contributed by atoms with Gasteiger partial charge in [-0.3, -0.25) is 9.69 Å². The maximum atomic E-state index is 12.9. The lowest BCUT2D eigenvalue weighted by Crippen LogP contribution is -2.45. The van der Waals surface area contributed by atoms with Crippen molar-refractivity contribution in [2.45, 2.75) is 45.3 Å². The van der Waals surface area contributed by atoms with Crippen LogP contribution in [0, 0.1) is 5.82 Å². The van der Waals surface area contributed by atoms with Crippen LogP contribution >= 0.6 is 0 Å². The molecule has 1 saturated heterocycles. The number of hydrogen-bond donors (Lipinski definition) is 1. The number of amides is 2. The van der Waals surface area contributed by atoms with Crippen LogP contribution in [0.15, 0.2) is 24.3 Å². The second kappa shape index (κ2) is 6.34. The number of halogens is 1. The summed E-state index contributed by atoms with van der Waals surface area (Å²) in [5.74, 6) is -0.649. The zero-order chi connectivity index (χ0) is 16.3. The van der Waals surface area contributed by atoms with Gasteiger partial charge >= 0.3 is 6.09 Å². The lowest BCUT2D eigenvalue weighted by molar-refractivity contribution is -0.120. The highest BCUT2D eigenvalue weighted by Crippen LogP contribution is 2.22. The first-order chi connectivity index (χ1) is 10.3. The van der Waals surface area contributed by atoms with Crippen molar-refractivity contribution < 1.29 is 18.7 Å². The molecule has 2 amide bonds. The molecule has 0 bridgehead atoms. The predicted octanol–water partition coefficient (Wildman–Crippen LogP) is 3.16. The average molecular weight is 308 g/mol. The Morgan fingerprint density at radius 1 is 1.27 bits per heavy atom. The molecule has 6 heteroatoms. The third-order valence-corrected chi connectivity index (χ3v) is 3.30. The largest absolute Gasteiger partial charge is 0.444 e. The molecule has 1 fully saturated rings. The average Bonchev–Trinajstić information content (AvgIpc) is 2.89. The molecular formula is C16H21FN2O3. The minimum absolute atomic E-state index is 0.282. The molecule has 120 valence electrons. The maximum Gasteiger partial charge on any atom is 0.410 e. The van der Waals surface area contributed by atoms with Crippen molar-refractivity contribution in [2.75, 3.05) is 11.9 Å². The number of nitrogens with one attached hydrogen (secondary N) is 1. The van der Waals surface area contributed by atoms with Gasteiger partial charge in [-0.15, -0.1) is 0 Å². The number of anilines is 1. The highest BCUT2D eigenvalue weighted by Gasteiger charge is 2.36. The van der Waals surface area contributed by atoms with Gasteiger partial charge in [-0.1, -0.05) is 0 Å². The van der Waals surface area contributed by atoms with E-state index < -0.39 is 17.7 Å². The topological polar surface area (TPSA) is 58.6 Å². The Hall–Kier alpha value is -2.11. The van der Waals surface area contributed by atoms with Crippen LogP contribution in [0.25, 0.3) is 0 Å². The number of carbonyl (C=O) groups is 2. The van der Waals surface area contributed by atoms with E-state index in [9.17, 15) is 14.0 Å². The number of likely N-dealkylation sites (tertiary alicyclic amines) is 1. The quantitative estimate of drug-likeness (QED) is 0.913. The SMILES string of the molecule is CC(C)(C)OC(=O)N1CCC[C@@H]1C(=O)Nc1ccc(F)cc1. The molecule has 1 aromatic carbocycles. The highest BCUT2D eigenvalue weighted by atomic mass is 19.1. The van der Waals surface area contributed by atoms with Gasteiger partial charge in [-0.25, -0.2) is 9.18 Å². The summed E-state index contributed by atoms with van der Waals surface area (Å²) >= 11 is 0. The van der Waals surface area contributed by atoms with Crippen LogP contribution in [0.3, 0.4) is 0 Å². The molecule has 22 heavy (non-hydrogen) atoms. The van der Waals surface area contributed by atoms with Gasteiger partial charge in [0.2, 0.25) is 5.91 Å². The van der Waals surface area contributed by atoms with E-state index >= 15 is 0 Å². The molecule has 1 heterocycles. The maximum absolute atomic E-state index is 12.9. The summed E-state index contributed by atoms with van der Waals surface area (Å²) in [6, 6.07) is 4.96. The molecule has 1 N–H and O–H groups in total. The standard InChI is InChI=1S/C16H21FN2O3/c1-16(2,3)22-15(21)19-10-4-5-13(19)14(20)18-12-8-6-11(17)7-9-12/h6-9,13H,4-5,10H2,1-3H3,(H,18,20)/t13-/m1/s1. The van der Waals surface area contributed by atoms with Crippen molar-refractivity contribution in [3.63, 3.8) is 0 Å². The van der Waals surface area contributed by atoms with Gasteiger partial charge in [0.05, 0.1) is 0 Å². The Kier molecular flexibility index (Phi) is 4.68. The Labute approximate surface area is 129 Å². The number of nitrogens with zero attached hydrogens (tertiary/aromatic N) is 1. The summed E-state index contributed by atoms with van der Waals surface area (Å²) in [6.07, 6.45) is 0.858. The Morgan fingerprint density at radius 2 is 1.91 bits per heavy atom.